The van der Waals surface area contributed by atoms with Gasteiger partial charge in [-0.05, 0) is 36.1 Å². The highest BCUT2D eigenvalue weighted by molar-refractivity contribution is 6.32. The minimum absolute atomic E-state index is 0.156. The summed E-state index contributed by atoms with van der Waals surface area (Å²) in [6.07, 6.45) is 3.26. The fourth-order valence-electron chi connectivity index (χ4n) is 4.22. The lowest BCUT2D eigenvalue weighted by molar-refractivity contribution is 0.355. The number of nitrogens with zero attached hydrogens (tertiary/aromatic N) is 4. The lowest BCUT2D eigenvalue weighted by Gasteiger charge is -2.11. The Labute approximate surface area is 178 Å². The molecule has 0 atom stereocenters. The van der Waals surface area contributed by atoms with Crippen LogP contribution in [-0.4, -0.2) is 34.0 Å². The molecule has 30 heavy (non-hydrogen) atoms. The van der Waals surface area contributed by atoms with Crippen LogP contribution in [-0.2, 0) is 12.8 Å². The van der Waals surface area contributed by atoms with Gasteiger partial charge >= 0.3 is 0 Å². The van der Waals surface area contributed by atoms with Crippen LogP contribution in [0.4, 0.5) is 5.82 Å². The molecule has 2 aromatic heterocycles. The molecule has 4 aromatic rings. The van der Waals surface area contributed by atoms with Crippen molar-refractivity contribution in [2.45, 2.75) is 18.9 Å². The number of anilines is 1. The van der Waals surface area contributed by atoms with E-state index in [-0.39, 0.29) is 6.04 Å². The molecule has 0 aliphatic heterocycles. The quantitative estimate of drug-likeness (QED) is 0.534. The monoisotopic (exact) mass is 421 g/mol. The fraction of sp³-hybridized carbons (Fsp3) is 0.227. The van der Waals surface area contributed by atoms with Gasteiger partial charge in [0.25, 0.3) is 0 Å². The summed E-state index contributed by atoms with van der Waals surface area (Å²) in [5.74, 6) is 1.37. The largest absolute Gasteiger partial charge is 0.493 e. The van der Waals surface area contributed by atoms with Crippen molar-refractivity contribution < 1.29 is 9.47 Å². The highest BCUT2D eigenvalue weighted by Crippen LogP contribution is 2.42. The molecule has 0 fully saturated rings. The molecule has 5 rings (SSSR count). The molecule has 2 aromatic carbocycles. The fourth-order valence-corrected chi connectivity index (χ4v) is 4.50. The molecule has 2 heterocycles. The first-order valence-corrected chi connectivity index (χ1v) is 9.96. The number of rotatable bonds is 4. The van der Waals surface area contributed by atoms with Crippen molar-refractivity contribution in [1.29, 1.82) is 0 Å². The molecule has 0 unspecified atom stereocenters. The van der Waals surface area contributed by atoms with E-state index in [4.69, 9.17) is 31.9 Å². The predicted molar refractivity (Wildman–Crippen MR) is 116 cm³/mol. The van der Waals surface area contributed by atoms with E-state index in [0.717, 1.165) is 18.4 Å². The molecule has 0 amide bonds. The van der Waals surface area contributed by atoms with Crippen LogP contribution in [0.1, 0.15) is 17.2 Å². The summed E-state index contributed by atoms with van der Waals surface area (Å²) in [6.45, 7) is 0. The average molecular weight is 422 g/mol. The lowest BCUT2D eigenvalue weighted by atomic mass is 10.1. The van der Waals surface area contributed by atoms with Gasteiger partial charge in [0.05, 0.1) is 30.7 Å². The summed E-state index contributed by atoms with van der Waals surface area (Å²) in [4.78, 5) is 8.71. The molecular formula is C22H20ClN5O2. The van der Waals surface area contributed by atoms with Crippen LogP contribution in [0.5, 0.6) is 11.5 Å². The number of aromatic nitrogens is 4. The summed E-state index contributed by atoms with van der Waals surface area (Å²) < 4.78 is 12.8. The van der Waals surface area contributed by atoms with Gasteiger partial charge in [-0.3, -0.25) is 0 Å². The van der Waals surface area contributed by atoms with E-state index in [9.17, 15) is 0 Å². The Balaban J connectivity index is 1.69. The van der Waals surface area contributed by atoms with Gasteiger partial charge in [0.15, 0.2) is 17.1 Å². The van der Waals surface area contributed by atoms with Gasteiger partial charge in [0.2, 0.25) is 0 Å². The number of fused-ring (bicyclic) bond motifs is 2. The number of halogens is 1. The normalized spacial score (nSPS) is 13.6. The maximum atomic E-state index is 6.45. The second-order valence-corrected chi connectivity index (χ2v) is 7.68. The maximum Gasteiger partial charge on any atom is 0.179 e. The van der Waals surface area contributed by atoms with Crippen molar-refractivity contribution in [3.8, 4) is 22.8 Å². The van der Waals surface area contributed by atoms with E-state index >= 15 is 0 Å². The summed E-state index contributed by atoms with van der Waals surface area (Å²) in [6, 6.07) is 12.3. The maximum absolute atomic E-state index is 6.45. The third kappa shape index (κ3) is 2.85. The van der Waals surface area contributed by atoms with Crippen molar-refractivity contribution in [3.63, 3.8) is 0 Å². The first-order chi connectivity index (χ1) is 14.6. The highest BCUT2D eigenvalue weighted by Gasteiger charge is 2.28. The Kier molecular flexibility index (Phi) is 4.47. The van der Waals surface area contributed by atoms with Crippen molar-refractivity contribution in [2.75, 3.05) is 20.0 Å². The molecule has 152 valence electrons. The first kappa shape index (κ1) is 18.7. The van der Waals surface area contributed by atoms with Crippen LogP contribution in [0.25, 0.3) is 22.3 Å². The zero-order valence-electron chi connectivity index (χ0n) is 16.6. The average Bonchev–Trinajstić information content (AvgIpc) is 3.35. The molecule has 1 aliphatic rings. The molecule has 0 saturated carbocycles. The number of hydrogen-bond acceptors (Lipinski definition) is 6. The smallest absolute Gasteiger partial charge is 0.179 e. The van der Waals surface area contributed by atoms with E-state index in [2.05, 4.69) is 34.2 Å². The van der Waals surface area contributed by atoms with Gasteiger partial charge in [-0.1, -0.05) is 35.9 Å². The van der Waals surface area contributed by atoms with Crippen molar-refractivity contribution in [1.82, 2.24) is 19.7 Å². The minimum Gasteiger partial charge on any atom is -0.493 e. The predicted octanol–water partition coefficient (Wildman–Crippen LogP) is 4.09. The Morgan fingerprint density at radius 1 is 1.07 bits per heavy atom. The molecule has 0 spiro atoms. The van der Waals surface area contributed by atoms with Crippen LogP contribution in [0, 0.1) is 0 Å². The number of ether oxygens (including phenoxy) is 2. The van der Waals surface area contributed by atoms with Crippen molar-refractivity contribution >= 4 is 28.5 Å². The number of benzene rings is 2. The minimum atomic E-state index is 0.156. The first-order valence-electron chi connectivity index (χ1n) is 9.58. The molecular weight excluding hydrogens is 402 g/mol. The van der Waals surface area contributed by atoms with E-state index in [1.54, 1.807) is 20.3 Å². The highest BCUT2D eigenvalue weighted by atomic mass is 35.5. The van der Waals surface area contributed by atoms with Gasteiger partial charge in [0.1, 0.15) is 17.8 Å². The molecule has 1 aliphatic carbocycles. The Morgan fingerprint density at radius 3 is 2.47 bits per heavy atom. The third-order valence-corrected chi connectivity index (χ3v) is 5.88. The van der Waals surface area contributed by atoms with Crippen molar-refractivity contribution in [3.05, 3.63) is 58.9 Å². The molecule has 0 saturated heterocycles. The van der Waals surface area contributed by atoms with Gasteiger partial charge in [-0.2, -0.15) is 5.10 Å². The SMILES string of the molecule is COc1cc(-c2nn(C3Cc4ccccc4C3)c3ncnc(N)c23)cc(Cl)c1OC. The number of hydrogen-bond donors (Lipinski definition) is 1. The summed E-state index contributed by atoms with van der Waals surface area (Å²) in [7, 11) is 3.12. The number of nitrogens with two attached hydrogens (primary N) is 1. The van der Waals surface area contributed by atoms with Gasteiger partial charge in [-0.15, -0.1) is 0 Å². The Bertz CT molecular complexity index is 1250. The van der Waals surface area contributed by atoms with E-state index < -0.39 is 0 Å². The molecule has 7 nitrogen and oxygen atoms in total. The number of nitrogen functional groups attached to an aromatic ring is 1. The van der Waals surface area contributed by atoms with Crippen LogP contribution >= 0.6 is 11.6 Å². The second kappa shape index (κ2) is 7.18. The van der Waals surface area contributed by atoms with E-state index in [1.165, 1.54) is 17.5 Å². The Morgan fingerprint density at radius 2 is 1.80 bits per heavy atom. The zero-order valence-corrected chi connectivity index (χ0v) is 17.3. The summed E-state index contributed by atoms with van der Waals surface area (Å²) in [5.41, 5.74) is 11.1. The summed E-state index contributed by atoms with van der Waals surface area (Å²) >= 11 is 6.45. The Hall–Kier alpha value is -3.32. The standard InChI is InChI=1S/C22H20ClN5O2/c1-29-17-10-14(9-16(23)20(17)30-2)19-18-21(24)25-11-26-22(18)28(27-19)15-7-12-5-3-4-6-13(12)8-15/h3-6,9-11,15H,7-8H2,1-2H3,(H2,24,25,26). The van der Waals surface area contributed by atoms with Crippen LogP contribution in [0.2, 0.25) is 5.02 Å². The van der Waals surface area contributed by atoms with Gasteiger partial charge in [0, 0.05) is 5.56 Å². The van der Waals surface area contributed by atoms with Gasteiger partial charge < -0.3 is 15.2 Å². The summed E-state index contributed by atoms with van der Waals surface area (Å²) in [5, 5.41) is 6.07. The van der Waals surface area contributed by atoms with Crippen LogP contribution < -0.4 is 15.2 Å². The van der Waals surface area contributed by atoms with Crippen LogP contribution in [0.3, 0.4) is 0 Å². The topological polar surface area (TPSA) is 88.1 Å². The van der Waals surface area contributed by atoms with Crippen molar-refractivity contribution in [2.24, 2.45) is 0 Å². The molecule has 2 N–H and O–H groups in total. The second-order valence-electron chi connectivity index (χ2n) is 7.28. The molecule has 0 bridgehead atoms. The molecule has 8 heteroatoms. The molecule has 0 radical (unpaired) electrons. The van der Waals surface area contributed by atoms with Crippen LogP contribution in [0.15, 0.2) is 42.7 Å². The lowest BCUT2D eigenvalue weighted by Crippen LogP contribution is -2.11. The zero-order chi connectivity index (χ0) is 20.8. The number of methoxy groups -OCH3 is 2. The third-order valence-electron chi connectivity index (χ3n) is 5.60. The van der Waals surface area contributed by atoms with E-state index in [0.29, 0.717) is 39.1 Å². The van der Waals surface area contributed by atoms with E-state index in [1.807, 2.05) is 10.7 Å². The van der Waals surface area contributed by atoms with Gasteiger partial charge in [-0.25, -0.2) is 14.6 Å².